The van der Waals surface area contributed by atoms with Crippen molar-refractivity contribution in [3.8, 4) is 5.75 Å². The van der Waals surface area contributed by atoms with Gasteiger partial charge in [-0.2, -0.15) is 13.2 Å². The van der Waals surface area contributed by atoms with Gasteiger partial charge < -0.3 is 10.1 Å². The first-order valence-electron chi connectivity index (χ1n) is 6.14. The van der Waals surface area contributed by atoms with E-state index in [0.717, 1.165) is 12.1 Å². The molecule has 0 aliphatic heterocycles. The molecule has 116 valence electrons. The number of anilines is 1. The van der Waals surface area contributed by atoms with Gasteiger partial charge in [-0.3, -0.25) is 4.79 Å². The van der Waals surface area contributed by atoms with Crippen molar-refractivity contribution >= 4 is 23.2 Å². The number of benzene rings is 2. The lowest BCUT2D eigenvalue weighted by atomic mass is 10.1. The smallest absolute Gasteiger partial charge is 0.417 e. The highest BCUT2D eigenvalue weighted by atomic mass is 35.5. The lowest BCUT2D eigenvalue weighted by Gasteiger charge is -2.14. The Hall–Kier alpha value is -2.21. The molecule has 7 heteroatoms. The number of hydrogen-bond acceptors (Lipinski definition) is 2. The largest absolute Gasteiger partial charge is 0.495 e. The van der Waals surface area contributed by atoms with Crippen molar-refractivity contribution in [2.24, 2.45) is 0 Å². The number of hydrogen-bond donors (Lipinski definition) is 1. The van der Waals surface area contributed by atoms with E-state index in [1.54, 1.807) is 6.07 Å². The van der Waals surface area contributed by atoms with Crippen LogP contribution in [0.1, 0.15) is 15.9 Å². The fourth-order valence-corrected chi connectivity index (χ4v) is 2.07. The first-order chi connectivity index (χ1) is 10.3. The van der Waals surface area contributed by atoms with Crippen molar-refractivity contribution in [2.45, 2.75) is 6.18 Å². The molecule has 0 aliphatic carbocycles. The summed E-state index contributed by atoms with van der Waals surface area (Å²) >= 11 is 5.82. The molecule has 0 atom stereocenters. The van der Waals surface area contributed by atoms with Crippen LogP contribution in [0.25, 0.3) is 0 Å². The van der Waals surface area contributed by atoms with Gasteiger partial charge in [0, 0.05) is 5.02 Å². The first kappa shape index (κ1) is 16.2. The van der Waals surface area contributed by atoms with Crippen molar-refractivity contribution in [3.63, 3.8) is 0 Å². The van der Waals surface area contributed by atoms with Gasteiger partial charge in [-0.05, 0) is 30.3 Å². The zero-order valence-electron chi connectivity index (χ0n) is 11.4. The number of nitrogens with one attached hydrogen (secondary N) is 1. The molecule has 1 amide bonds. The van der Waals surface area contributed by atoms with Crippen LogP contribution in [0.2, 0.25) is 5.02 Å². The zero-order valence-corrected chi connectivity index (χ0v) is 12.1. The van der Waals surface area contributed by atoms with Gasteiger partial charge in [0.15, 0.2) is 0 Å². The van der Waals surface area contributed by atoms with Gasteiger partial charge in [-0.25, -0.2) is 0 Å². The molecule has 3 nitrogen and oxygen atoms in total. The van der Waals surface area contributed by atoms with E-state index in [0.29, 0.717) is 10.8 Å². The summed E-state index contributed by atoms with van der Waals surface area (Å²) < 4.78 is 43.8. The molecule has 0 spiro atoms. The minimum atomic E-state index is -4.62. The molecule has 2 aromatic carbocycles. The Morgan fingerprint density at radius 2 is 1.86 bits per heavy atom. The average molecular weight is 330 g/mol. The Labute approximate surface area is 129 Å². The second kappa shape index (κ2) is 6.27. The van der Waals surface area contributed by atoms with Crippen LogP contribution in [0, 0.1) is 0 Å². The SMILES string of the molecule is COc1ccc(Cl)cc1NC(=O)c1ccccc1C(F)(F)F. The highest BCUT2D eigenvalue weighted by Crippen LogP contribution is 2.33. The van der Waals surface area contributed by atoms with Crippen LogP contribution in [0.4, 0.5) is 18.9 Å². The van der Waals surface area contributed by atoms with Crippen molar-refractivity contribution in [3.05, 3.63) is 58.6 Å². The maximum atomic E-state index is 12.9. The third kappa shape index (κ3) is 3.51. The minimum absolute atomic E-state index is 0.192. The Morgan fingerprint density at radius 3 is 2.50 bits per heavy atom. The number of alkyl halides is 3. The topological polar surface area (TPSA) is 38.3 Å². The maximum absolute atomic E-state index is 12.9. The standard InChI is InChI=1S/C15H11ClF3NO2/c1-22-13-7-6-9(16)8-12(13)20-14(21)10-4-2-3-5-11(10)15(17,18)19/h2-8H,1H3,(H,20,21). The minimum Gasteiger partial charge on any atom is -0.495 e. The van der Waals surface area contributed by atoms with E-state index in [9.17, 15) is 18.0 Å². The van der Waals surface area contributed by atoms with Crippen LogP contribution >= 0.6 is 11.6 Å². The van der Waals surface area contributed by atoms with Gasteiger partial charge in [0.2, 0.25) is 0 Å². The molecule has 0 fully saturated rings. The third-order valence-electron chi connectivity index (χ3n) is 2.89. The second-order valence-electron chi connectivity index (χ2n) is 4.34. The molecule has 0 aliphatic rings. The molecule has 0 heterocycles. The van der Waals surface area contributed by atoms with E-state index < -0.39 is 23.2 Å². The monoisotopic (exact) mass is 329 g/mol. The number of halogens is 4. The summed E-state index contributed by atoms with van der Waals surface area (Å²) in [5.41, 5.74) is -1.29. The summed E-state index contributed by atoms with van der Waals surface area (Å²) in [6, 6.07) is 8.99. The predicted molar refractivity (Wildman–Crippen MR) is 77.4 cm³/mol. The number of carbonyl (C=O) groups is 1. The van der Waals surface area contributed by atoms with Crippen LogP contribution in [-0.2, 0) is 6.18 Å². The predicted octanol–water partition coefficient (Wildman–Crippen LogP) is 4.62. The Morgan fingerprint density at radius 1 is 1.18 bits per heavy atom. The van der Waals surface area contributed by atoms with E-state index >= 15 is 0 Å². The number of rotatable bonds is 3. The van der Waals surface area contributed by atoms with E-state index in [4.69, 9.17) is 16.3 Å². The maximum Gasteiger partial charge on any atom is 0.417 e. The number of carbonyl (C=O) groups excluding carboxylic acids is 1. The highest BCUT2D eigenvalue weighted by Gasteiger charge is 2.34. The summed E-state index contributed by atoms with van der Waals surface area (Å²) in [6.07, 6.45) is -4.62. The van der Waals surface area contributed by atoms with Crippen molar-refractivity contribution in [1.29, 1.82) is 0 Å². The Kier molecular flexibility index (Phi) is 4.61. The Balaban J connectivity index is 2.37. The average Bonchev–Trinajstić information content (AvgIpc) is 2.46. The molecular formula is C15H11ClF3NO2. The Bertz CT molecular complexity index is 701. The van der Waals surface area contributed by atoms with Gasteiger partial charge in [-0.15, -0.1) is 0 Å². The molecule has 0 saturated heterocycles. The highest BCUT2D eigenvalue weighted by molar-refractivity contribution is 6.31. The van der Waals surface area contributed by atoms with E-state index in [2.05, 4.69) is 5.32 Å². The van der Waals surface area contributed by atoms with E-state index in [-0.39, 0.29) is 5.69 Å². The third-order valence-corrected chi connectivity index (χ3v) is 3.12. The first-order valence-corrected chi connectivity index (χ1v) is 6.52. The molecular weight excluding hydrogens is 319 g/mol. The molecule has 2 rings (SSSR count). The van der Waals surface area contributed by atoms with Crippen LogP contribution < -0.4 is 10.1 Å². The lowest BCUT2D eigenvalue weighted by molar-refractivity contribution is -0.137. The molecule has 0 bridgehead atoms. The fraction of sp³-hybridized carbons (Fsp3) is 0.133. The van der Waals surface area contributed by atoms with Crippen LogP contribution in [0.5, 0.6) is 5.75 Å². The molecule has 0 radical (unpaired) electrons. The van der Waals surface area contributed by atoms with E-state index in [1.807, 2.05) is 0 Å². The fourth-order valence-electron chi connectivity index (χ4n) is 1.90. The molecule has 2 aromatic rings. The summed E-state index contributed by atoms with van der Waals surface area (Å²) in [7, 11) is 1.38. The normalized spacial score (nSPS) is 11.1. The van der Waals surface area contributed by atoms with E-state index in [1.165, 1.54) is 31.4 Å². The van der Waals surface area contributed by atoms with Gasteiger partial charge in [0.25, 0.3) is 5.91 Å². The molecule has 0 unspecified atom stereocenters. The summed E-state index contributed by atoms with van der Waals surface area (Å²) in [6.45, 7) is 0. The van der Waals surface area contributed by atoms with Gasteiger partial charge in [0.05, 0.1) is 23.9 Å². The second-order valence-corrected chi connectivity index (χ2v) is 4.78. The van der Waals surface area contributed by atoms with Crippen LogP contribution in [-0.4, -0.2) is 13.0 Å². The lowest BCUT2D eigenvalue weighted by Crippen LogP contribution is -2.18. The van der Waals surface area contributed by atoms with Gasteiger partial charge >= 0.3 is 6.18 Å². The summed E-state index contributed by atoms with van der Waals surface area (Å²) in [5.74, 6) is -0.601. The number of ether oxygens (including phenoxy) is 1. The van der Waals surface area contributed by atoms with Crippen molar-refractivity contribution in [1.82, 2.24) is 0 Å². The summed E-state index contributed by atoms with van der Waals surface area (Å²) in [4.78, 5) is 12.2. The van der Waals surface area contributed by atoms with Crippen molar-refractivity contribution < 1.29 is 22.7 Å². The zero-order chi connectivity index (χ0) is 16.3. The molecule has 0 aromatic heterocycles. The number of amides is 1. The van der Waals surface area contributed by atoms with Crippen LogP contribution in [0.3, 0.4) is 0 Å². The summed E-state index contributed by atoms with van der Waals surface area (Å²) in [5, 5.41) is 2.70. The van der Waals surface area contributed by atoms with Crippen molar-refractivity contribution in [2.75, 3.05) is 12.4 Å². The molecule has 0 saturated carbocycles. The van der Waals surface area contributed by atoms with Crippen LogP contribution in [0.15, 0.2) is 42.5 Å². The molecule has 22 heavy (non-hydrogen) atoms. The van der Waals surface area contributed by atoms with Gasteiger partial charge in [0.1, 0.15) is 5.75 Å². The molecule has 1 N–H and O–H groups in total. The van der Waals surface area contributed by atoms with Gasteiger partial charge in [-0.1, -0.05) is 23.7 Å². The quantitative estimate of drug-likeness (QED) is 0.892. The number of methoxy groups -OCH3 is 1.